The van der Waals surface area contributed by atoms with Crippen LogP contribution in [0.3, 0.4) is 0 Å². The van der Waals surface area contributed by atoms with Gasteiger partial charge in [-0.2, -0.15) is 0 Å². The van der Waals surface area contributed by atoms with Gasteiger partial charge >= 0.3 is 0 Å². The molecule has 0 radical (unpaired) electrons. The summed E-state index contributed by atoms with van der Waals surface area (Å²) in [7, 11) is 0. The second-order valence-electron chi connectivity index (χ2n) is 5.27. The molecule has 1 aliphatic carbocycles. The molecular weight excluding hydrogens is 280 g/mol. The standard InChI is InChI=1S/C17H22N2O3/c1-2-13-8-6-7-11-15(13)22-12-16(20)18-19-17(21)14-9-4-3-5-10-14/h3-4,6-8,11,14H,2,5,9-10,12H2,1H3,(H,18,20)(H,19,21). The third-order valence-corrected chi connectivity index (χ3v) is 3.68. The number of rotatable bonds is 5. The number of carbonyl (C=O) groups is 2. The van der Waals surface area contributed by atoms with Crippen molar-refractivity contribution in [2.24, 2.45) is 5.92 Å². The second-order valence-corrected chi connectivity index (χ2v) is 5.27. The monoisotopic (exact) mass is 302 g/mol. The molecule has 0 aliphatic heterocycles. The molecule has 118 valence electrons. The number of aryl methyl sites for hydroxylation is 1. The molecule has 0 aromatic heterocycles. The van der Waals surface area contributed by atoms with Crippen LogP contribution in [0.15, 0.2) is 36.4 Å². The highest BCUT2D eigenvalue weighted by molar-refractivity contribution is 5.84. The SMILES string of the molecule is CCc1ccccc1OCC(=O)NNC(=O)C1CC=CCC1. The molecule has 1 atom stereocenters. The van der Waals surface area contributed by atoms with Gasteiger partial charge in [-0.05, 0) is 37.3 Å². The van der Waals surface area contributed by atoms with Gasteiger partial charge in [-0.1, -0.05) is 37.3 Å². The van der Waals surface area contributed by atoms with E-state index in [-0.39, 0.29) is 24.3 Å². The van der Waals surface area contributed by atoms with E-state index >= 15 is 0 Å². The number of benzene rings is 1. The van der Waals surface area contributed by atoms with Crippen LogP contribution in [0.5, 0.6) is 5.75 Å². The number of ether oxygens (including phenoxy) is 1. The smallest absolute Gasteiger partial charge is 0.276 e. The first-order chi connectivity index (χ1) is 10.7. The Morgan fingerprint density at radius 1 is 1.23 bits per heavy atom. The largest absolute Gasteiger partial charge is 0.483 e. The van der Waals surface area contributed by atoms with E-state index < -0.39 is 0 Å². The van der Waals surface area contributed by atoms with Gasteiger partial charge in [0.2, 0.25) is 5.91 Å². The maximum absolute atomic E-state index is 11.9. The van der Waals surface area contributed by atoms with E-state index in [1.807, 2.05) is 37.3 Å². The Hall–Kier alpha value is -2.30. The number of hydrazine groups is 1. The van der Waals surface area contributed by atoms with Crippen molar-refractivity contribution in [3.05, 3.63) is 42.0 Å². The van der Waals surface area contributed by atoms with Crippen molar-refractivity contribution in [2.45, 2.75) is 32.6 Å². The van der Waals surface area contributed by atoms with Gasteiger partial charge in [0.05, 0.1) is 0 Å². The van der Waals surface area contributed by atoms with Gasteiger partial charge in [-0.25, -0.2) is 0 Å². The van der Waals surface area contributed by atoms with Crippen LogP contribution in [-0.4, -0.2) is 18.4 Å². The molecule has 1 unspecified atom stereocenters. The molecule has 1 aliphatic rings. The molecule has 5 heteroatoms. The molecule has 0 heterocycles. The number of nitrogens with one attached hydrogen (secondary N) is 2. The average Bonchev–Trinajstić information content (AvgIpc) is 2.58. The third-order valence-electron chi connectivity index (χ3n) is 3.68. The maximum Gasteiger partial charge on any atom is 0.276 e. The van der Waals surface area contributed by atoms with Gasteiger partial charge in [0.1, 0.15) is 5.75 Å². The molecule has 0 spiro atoms. The van der Waals surface area contributed by atoms with Crippen LogP contribution in [0.4, 0.5) is 0 Å². The summed E-state index contributed by atoms with van der Waals surface area (Å²) in [6.07, 6.45) is 7.36. The van der Waals surface area contributed by atoms with Gasteiger partial charge in [0.25, 0.3) is 5.91 Å². The predicted octanol–water partition coefficient (Wildman–Crippen LogP) is 2.13. The molecule has 2 N–H and O–H groups in total. The van der Waals surface area contributed by atoms with Crippen molar-refractivity contribution in [1.82, 2.24) is 10.9 Å². The van der Waals surface area contributed by atoms with Crippen molar-refractivity contribution < 1.29 is 14.3 Å². The highest BCUT2D eigenvalue weighted by atomic mass is 16.5. The molecule has 0 saturated carbocycles. The Morgan fingerprint density at radius 3 is 2.77 bits per heavy atom. The van der Waals surface area contributed by atoms with Crippen LogP contribution in [0, 0.1) is 5.92 Å². The molecule has 22 heavy (non-hydrogen) atoms. The minimum absolute atomic E-state index is 0.0629. The molecule has 0 saturated heterocycles. The minimum Gasteiger partial charge on any atom is -0.483 e. The van der Waals surface area contributed by atoms with Crippen LogP contribution in [-0.2, 0) is 16.0 Å². The van der Waals surface area contributed by atoms with Crippen LogP contribution in [0.25, 0.3) is 0 Å². The summed E-state index contributed by atoms with van der Waals surface area (Å²) in [6, 6.07) is 7.60. The van der Waals surface area contributed by atoms with Gasteiger partial charge in [-0.3, -0.25) is 20.4 Å². The summed E-state index contributed by atoms with van der Waals surface area (Å²) in [5, 5.41) is 0. The minimum atomic E-state index is -0.370. The van der Waals surface area contributed by atoms with E-state index in [2.05, 4.69) is 16.9 Å². The second kappa shape index (κ2) is 8.22. The lowest BCUT2D eigenvalue weighted by Crippen LogP contribution is -2.46. The zero-order valence-corrected chi connectivity index (χ0v) is 12.8. The molecule has 1 aromatic rings. The normalized spacial score (nSPS) is 16.9. The fraction of sp³-hybridized carbons (Fsp3) is 0.412. The fourth-order valence-corrected chi connectivity index (χ4v) is 2.38. The average molecular weight is 302 g/mol. The first-order valence-corrected chi connectivity index (χ1v) is 7.65. The Labute approximate surface area is 130 Å². The van der Waals surface area contributed by atoms with E-state index in [1.54, 1.807) is 0 Å². The molecule has 0 bridgehead atoms. The number of amides is 2. The summed E-state index contributed by atoms with van der Waals surface area (Å²) in [4.78, 5) is 23.6. The Bertz CT molecular complexity index is 555. The number of para-hydroxylation sites is 1. The first-order valence-electron chi connectivity index (χ1n) is 7.65. The molecule has 0 fully saturated rings. The van der Waals surface area contributed by atoms with Gasteiger partial charge < -0.3 is 4.74 Å². The number of carbonyl (C=O) groups excluding carboxylic acids is 2. The van der Waals surface area contributed by atoms with Crippen molar-refractivity contribution in [2.75, 3.05) is 6.61 Å². The zero-order valence-electron chi connectivity index (χ0n) is 12.8. The van der Waals surface area contributed by atoms with Crippen LogP contribution < -0.4 is 15.6 Å². The summed E-state index contributed by atoms with van der Waals surface area (Å²) >= 11 is 0. The molecule has 5 nitrogen and oxygen atoms in total. The van der Waals surface area contributed by atoms with E-state index in [4.69, 9.17) is 4.74 Å². The topological polar surface area (TPSA) is 67.4 Å². The van der Waals surface area contributed by atoms with Crippen molar-refractivity contribution >= 4 is 11.8 Å². The maximum atomic E-state index is 11.9. The first kappa shape index (κ1) is 16.1. The Kier molecular flexibility index (Phi) is 6.01. The van der Waals surface area contributed by atoms with Crippen molar-refractivity contribution in [3.8, 4) is 5.75 Å². The molecule has 2 rings (SSSR count). The van der Waals surface area contributed by atoms with E-state index in [0.717, 1.165) is 31.2 Å². The fourth-order valence-electron chi connectivity index (χ4n) is 2.38. The lowest BCUT2D eigenvalue weighted by Gasteiger charge is -2.17. The highest BCUT2D eigenvalue weighted by Gasteiger charge is 2.19. The van der Waals surface area contributed by atoms with Gasteiger partial charge in [0, 0.05) is 5.92 Å². The van der Waals surface area contributed by atoms with Crippen LogP contribution >= 0.6 is 0 Å². The summed E-state index contributed by atoms with van der Waals surface area (Å²) in [5.74, 6) is 0.119. The number of hydrogen-bond donors (Lipinski definition) is 2. The van der Waals surface area contributed by atoms with E-state index in [1.165, 1.54) is 0 Å². The molecule has 2 amide bonds. The lowest BCUT2D eigenvalue weighted by atomic mass is 9.94. The van der Waals surface area contributed by atoms with Crippen molar-refractivity contribution in [1.29, 1.82) is 0 Å². The van der Waals surface area contributed by atoms with Crippen molar-refractivity contribution in [3.63, 3.8) is 0 Å². The summed E-state index contributed by atoms with van der Waals surface area (Å²) in [6.45, 7) is 1.91. The quantitative estimate of drug-likeness (QED) is 0.647. The van der Waals surface area contributed by atoms with Gasteiger partial charge in [0.15, 0.2) is 6.61 Å². The summed E-state index contributed by atoms with van der Waals surface area (Å²) < 4.78 is 5.49. The highest BCUT2D eigenvalue weighted by Crippen LogP contribution is 2.18. The van der Waals surface area contributed by atoms with E-state index in [9.17, 15) is 9.59 Å². The number of hydrogen-bond acceptors (Lipinski definition) is 3. The van der Waals surface area contributed by atoms with Gasteiger partial charge in [-0.15, -0.1) is 0 Å². The summed E-state index contributed by atoms with van der Waals surface area (Å²) in [5.41, 5.74) is 5.91. The predicted molar refractivity (Wildman–Crippen MR) is 84.1 cm³/mol. The lowest BCUT2D eigenvalue weighted by molar-refractivity contribution is -0.132. The van der Waals surface area contributed by atoms with Crippen LogP contribution in [0.1, 0.15) is 31.7 Å². The third kappa shape index (κ3) is 4.62. The molecular formula is C17H22N2O3. The van der Waals surface area contributed by atoms with Crippen LogP contribution in [0.2, 0.25) is 0 Å². The Balaban J connectivity index is 1.74. The van der Waals surface area contributed by atoms with E-state index in [0.29, 0.717) is 5.75 Å². The zero-order chi connectivity index (χ0) is 15.8. The number of allylic oxidation sites excluding steroid dienone is 2. The Morgan fingerprint density at radius 2 is 2.05 bits per heavy atom. The molecule has 1 aromatic carbocycles.